The molecule has 106 valence electrons. The van der Waals surface area contributed by atoms with E-state index in [-0.39, 0.29) is 17.6 Å². The molecule has 0 radical (unpaired) electrons. The number of ether oxygens (including phenoxy) is 1. The van der Waals surface area contributed by atoms with Gasteiger partial charge in [-0.2, -0.15) is 0 Å². The zero-order valence-electron chi connectivity index (χ0n) is 11.0. The second-order valence-corrected chi connectivity index (χ2v) is 5.36. The van der Waals surface area contributed by atoms with Crippen LogP contribution in [0, 0.1) is 0 Å². The van der Waals surface area contributed by atoms with Crippen LogP contribution < -0.4 is 0 Å². The molecule has 0 spiro atoms. The summed E-state index contributed by atoms with van der Waals surface area (Å²) >= 11 is 0.790. The highest BCUT2D eigenvalue weighted by molar-refractivity contribution is 8.18. The van der Waals surface area contributed by atoms with Crippen LogP contribution in [0.5, 0.6) is 0 Å². The van der Waals surface area contributed by atoms with Crippen LogP contribution in [0.3, 0.4) is 0 Å². The molecule has 0 saturated carbocycles. The van der Waals surface area contributed by atoms with Gasteiger partial charge in [-0.1, -0.05) is 0 Å². The fraction of sp³-hybridized carbons (Fsp3) is 0.308. The Balaban J connectivity index is 2.07. The Morgan fingerprint density at radius 1 is 1.50 bits per heavy atom. The van der Waals surface area contributed by atoms with Crippen LogP contribution in [0.15, 0.2) is 27.9 Å². The van der Waals surface area contributed by atoms with Gasteiger partial charge >= 0.3 is 5.97 Å². The maximum absolute atomic E-state index is 12.0. The van der Waals surface area contributed by atoms with Gasteiger partial charge in [-0.05, 0) is 37.8 Å². The van der Waals surface area contributed by atoms with E-state index < -0.39 is 17.1 Å². The number of carbonyl (C=O) groups is 3. The molecule has 2 rings (SSSR count). The quantitative estimate of drug-likeness (QED) is 0.626. The lowest BCUT2D eigenvalue weighted by atomic mass is 10.3. The van der Waals surface area contributed by atoms with Gasteiger partial charge in [0.2, 0.25) is 0 Å². The third-order valence-electron chi connectivity index (χ3n) is 2.37. The number of imide groups is 1. The molecule has 0 bridgehead atoms. The van der Waals surface area contributed by atoms with E-state index in [1.165, 1.54) is 12.5 Å². The zero-order chi connectivity index (χ0) is 14.7. The molecule has 1 aliphatic rings. The average molecular weight is 295 g/mol. The summed E-state index contributed by atoms with van der Waals surface area (Å²) in [5.41, 5.74) is 0.681. The van der Waals surface area contributed by atoms with Crippen molar-refractivity contribution in [3.8, 4) is 0 Å². The number of esters is 1. The molecular formula is C13H13NO5S. The Bertz CT molecular complexity index is 561. The second-order valence-electron chi connectivity index (χ2n) is 4.36. The topological polar surface area (TPSA) is 76.8 Å². The fourth-order valence-corrected chi connectivity index (χ4v) is 2.41. The minimum Gasteiger partial charge on any atom is -0.472 e. The number of nitrogens with zero attached hydrogens (tertiary/aromatic N) is 1. The van der Waals surface area contributed by atoms with Gasteiger partial charge in [0.05, 0.1) is 23.5 Å². The van der Waals surface area contributed by atoms with Crippen molar-refractivity contribution in [3.05, 3.63) is 29.1 Å². The van der Waals surface area contributed by atoms with Gasteiger partial charge < -0.3 is 9.15 Å². The van der Waals surface area contributed by atoms with Crippen molar-refractivity contribution in [1.29, 1.82) is 0 Å². The fourth-order valence-electron chi connectivity index (χ4n) is 1.57. The van der Waals surface area contributed by atoms with Gasteiger partial charge in [-0.15, -0.1) is 0 Å². The smallest absolute Gasteiger partial charge is 0.326 e. The highest BCUT2D eigenvalue weighted by atomic mass is 32.2. The van der Waals surface area contributed by atoms with E-state index >= 15 is 0 Å². The summed E-state index contributed by atoms with van der Waals surface area (Å²) in [5, 5.41) is -0.481. The van der Waals surface area contributed by atoms with Crippen molar-refractivity contribution in [2.45, 2.75) is 20.0 Å². The number of amides is 2. The summed E-state index contributed by atoms with van der Waals surface area (Å²) in [6.07, 6.45) is 4.18. The van der Waals surface area contributed by atoms with Gasteiger partial charge in [0.15, 0.2) is 0 Å². The van der Waals surface area contributed by atoms with E-state index in [9.17, 15) is 14.4 Å². The predicted molar refractivity (Wildman–Crippen MR) is 72.6 cm³/mol. The van der Waals surface area contributed by atoms with Crippen LogP contribution >= 0.6 is 11.8 Å². The van der Waals surface area contributed by atoms with E-state index in [4.69, 9.17) is 9.15 Å². The first kappa shape index (κ1) is 14.4. The van der Waals surface area contributed by atoms with Gasteiger partial charge in [-0.3, -0.25) is 19.3 Å². The number of hydrogen-bond acceptors (Lipinski definition) is 6. The van der Waals surface area contributed by atoms with Crippen molar-refractivity contribution >= 4 is 35.0 Å². The first-order valence-electron chi connectivity index (χ1n) is 5.94. The molecule has 0 unspecified atom stereocenters. The second kappa shape index (κ2) is 5.96. The Kier molecular flexibility index (Phi) is 4.29. The summed E-state index contributed by atoms with van der Waals surface area (Å²) in [6, 6.07) is 1.67. The summed E-state index contributed by atoms with van der Waals surface area (Å²) in [4.78, 5) is 36.4. The monoisotopic (exact) mass is 295 g/mol. The van der Waals surface area contributed by atoms with Crippen molar-refractivity contribution < 1.29 is 23.5 Å². The largest absolute Gasteiger partial charge is 0.472 e. The molecular weight excluding hydrogens is 282 g/mol. The lowest BCUT2D eigenvalue weighted by Gasteiger charge is -2.13. The molecule has 7 heteroatoms. The van der Waals surface area contributed by atoms with E-state index in [1.54, 1.807) is 26.0 Å². The highest BCUT2D eigenvalue weighted by Crippen LogP contribution is 2.32. The SMILES string of the molecule is CC(C)OC(=O)CN1C(=O)S/C(=C/c2ccoc2)C1=O. The van der Waals surface area contributed by atoms with Crippen LogP contribution in [0.4, 0.5) is 4.79 Å². The van der Waals surface area contributed by atoms with E-state index in [0.29, 0.717) is 5.56 Å². The minimum absolute atomic E-state index is 0.258. The Morgan fingerprint density at radius 2 is 2.25 bits per heavy atom. The lowest BCUT2D eigenvalue weighted by molar-refractivity contribution is -0.149. The molecule has 1 aromatic heterocycles. The molecule has 1 fully saturated rings. The van der Waals surface area contributed by atoms with Crippen LogP contribution in [-0.4, -0.2) is 34.7 Å². The summed E-state index contributed by atoms with van der Waals surface area (Å²) in [7, 11) is 0. The number of furan rings is 1. The Morgan fingerprint density at radius 3 is 2.85 bits per heavy atom. The third-order valence-corrected chi connectivity index (χ3v) is 3.28. The van der Waals surface area contributed by atoms with Gasteiger partial charge in [0.1, 0.15) is 6.54 Å². The van der Waals surface area contributed by atoms with Gasteiger partial charge in [0.25, 0.3) is 11.1 Å². The maximum Gasteiger partial charge on any atom is 0.326 e. The number of carbonyl (C=O) groups excluding carboxylic acids is 3. The molecule has 2 heterocycles. The van der Waals surface area contributed by atoms with Gasteiger partial charge in [-0.25, -0.2) is 0 Å². The molecule has 0 atom stereocenters. The molecule has 1 aliphatic heterocycles. The van der Waals surface area contributed by atoms with Gasteiger partial charge in [0, 0.05) is 5.56 Å². The molecule has 6 nitrogen and oxygen atoms in total. The van der Waals surface area contributed by atoms with Crippen LogP contribution in [-0.2, 0) is 14.3 Å². The third kappa shape index (κ3) is 3.30. The molecule has 0 aromatic carbocycles. The predicted octanol–water partition coefficient (Wildman–Crippen LogP) is 2.27. The van der Waals surface area contributed by atoms with Crippen LogP contribution in [0.2, 0.25) is 0 Å². The van der Waals surface area contributed by atoms with E-state index in [0.717, 1.165) is 16.7 Å². The van der Waals surface area contributed by atoms with Crippen molar-refractivity contribution in [3.63, 3.8) is 0 Å². The number of thioether (sulfide) groups is 1. The van der Waals surface area contributed by atoms with Crippen LogP contribution in [0.25, 0.3) is 6.08 Å². The van der Waals surface area contributed by atoms with Crippen LogP contribution in [0.1, 0.15) is 19.4 Å². The summed E-state index contributed by atoms with van der Waals surface area (Å²) in [6.45, 7) is 3.03. The first-order chi connectivity index (χ1) is 9.47. The normalized spacial score (nSPS) is 17.4. The summed E-state index contributed by atoms with van der Waals surface area (Å²) in [5.74, 6) is -1.10. The molecule has 0 N–H and O–H groups in total. The number of rotatable bonds is 4. The van der Waals surface area contributed by atoms with E-state index in [1.807, 2.05) is 0 Å². The van der Waals surface area contributed by atoms with Crippen molar-refractivity contribution in [2.24, 2.45) is 0 Å². The maximum atomic E-state index is 12.0. The average Bonchev–Trinajstić information content (AvgIpc) is 2.93. The molecule has 1 aromatic rings. The lowest BCUT2D eigenvalue weighted by Crippen LogP contribution is -2.35. The highest BCUT2D eigenvalue weighted by Gasteiger charge is 2.36. The number of hydrogen-bond donors (Lipinski definition) is 0. The van der Waals surface area contributed by atoms with Crippen molar-refractivity contribution in [2.75, 3.05) is 6.54 Å². The molecule has 0 aliphatic carbocycles. The zero-order valence-corrected chi connectivity index (χ0v) is 11.8. The molecule has 1 saturated heterocycles. The standard InChI is InChI=1S/C13H13NO5S/c1-8(2)19-11(15)6-14-12(16)10(20-13(14)17)5-9-3-4-18-7-9/h3-5,7-8H,6H2,1-2H3/b10-5+. The minimum atomic E-state index is -0.605. The molecule has 20 heavy (non-hydrogen) atoms. The van der Waals surface area contributed by atoms with Crippen molar-refractivity contribution in [1.82, 2.24) is 4.90 Å². The first-order valence-corrected chi connectivity index (χ1v) is 6.76. The molecule has 2 amide bonds. The summed E-state index contributed by atoms with van der Waals surface area (Å²) < 4.78 is 9.81. The van der Waals surface area contributed by atoms with E-state index in [2.05, 4.69) is 0 Å². The Labute approximate surface area is 119 Å². The Hall–Kier alpha value is -2.02.